The Labute approximate surface area is 553 Å². The zero-order chi connectivity index (χ0) is 64.9. The number of ketones is 2. The Hall–Kier alpha value is -6.72. The fraction of sp³-hybridized carbons (Fsp3) is 0.550. The van der Waals surface area contributed by atoms with Gasteiger partial charge in [0.15, 0.2) is 23.6 Å². The van der Waals surface area contributed by atoms with Crippen LogP contribution in [0.4, 0.5) is 0 Å². The zero-order valence-electron chi connectivity index (χ0n) is 54.7. The molecular formula is C80H95N5O9. The van der Waals surface area contributed by atoms with Gasteiger partial charge >= 0.3 is 0 Å². The quantitative estimate of drug-likeness (QED) is 0.0346. The Morgan fingerprint density at radius 2 is 1.67 bits per heavy atom. The van der Waals surface area contributed by atoms with E-state index in [2.05, 4.69) is 125 Å². The number of aliphatic hydroxyl groups is 5. The number of piperidine rings is 1. The maximum Gasteiger partial charge on any atom is 0.160 e. The number of allylic oxidation sites excluding steroid dienone is 2. The van der Waals surface area contributed by atoms with E-state index in [0.717, 1.165) is 71.6 Å². The molecule has 4 aliphatic heterocycles. The highest BCUT2D eigenvalue weighted by Crippen LogP contribution is 2.70. The lowest BCUT2D eigenvalue weighted by Gasteiger charge is -2.67. The number of phenols is 1. The van der Waals surface area contributed by atoms with Crippen LogP contribution in [0.15, 0.2) is 114 Å². The topological polar surface area (TPSA) is 243 Å². The third-order valence-electron chi connectivity index (χ3n) is 25.9. The number of hydrogen-bond donors (Lipinski definition) is 11. The Morgan fingerprint density at radius 1 is 0.851 bits per heavy atom. The van der Waals surface area contributed by atoms with Crippen LogP contribution in [0.5, 0.6) is 11.5 Å². The highest BCUT2D eigenvalue weighted by atomic mass is 16.5. The number of carbonyl (C=O) groups is 2. The van der Waals surface area contributed by atoms with Crippen LogP contribution < -0.4 is 26.4 Å². The van der Waals surface area contributed by atoms with E-state index in [9.17, 15) is 35.4 Å². The minimum absolute atomic E-state index is 0.0101. The second kappa shape index (κ2) is 25.4. The molecule has 4 aromatic carbocycles. The summed E-state index contributed by atoms with van der Waals surface area (Å²) in [5, 5.41) is 85.8. The number of methoxy groups -OCH3 is 1. The molecule has 0 radical (unpaired) electrons. The van der Waals surface area contributed by atoms with Crippen molar-refractivity contribution in [1.82, 2.24) is 20.9 Å². The lowest BCUT2D eigenvalue weighted by atomic mass is 9.40. The molecule has 14 heteroatoms. The molecule has 94 heavy (non-hydrogen) atoms. The first-order chi connectivity index (χ1) is 45.5. The molecule has 5 fully saturated rings. The molecule has 4 saturated carbocycles. The van der Waals surface area contributed by atoms with Gasteiger partial charge in [-0.25, -0.2) is 0 Å². The fourth-order valence-electron chi connectivity index (χ4n) is 21.5. The van der Waals surface area contributed by atoms with Gasteiger partial charge in [0.2, 0.25) is 0 Å². The van der Waals surface area contributed by atoms with Crippen molar-refractivity contribution in [3.8, 4) is 35.2 Å². The van der Waals surface area contributed by atoms with Gasteiger partial charge < -0.3 is 62.0 Å². The lowest BCUT2D eigenvalue weighted by Crippen LogP contribution is -2.70. The molecule has 1 saturated heterocycles. The van der Waals surface area contributed by atoms with E-state index < -0.39 is 35.9 Å². The van der Waals surface area contributed by atoms with Crippen molar-refractivity contribution < 1.29 is 45.0 Å². The summed E-state index contributed by atoms with van der Waals surface area (Å²) in [6, 6.07) is 28.6. The number of nitrogens with one attached hydrogen (secondary N) is 4. The van der Waals surface area contributed by atoms with Gasteiger partial charge in [0.05, 0.1) is 31.2 Å². The molecule has 16 rings (SSSR count). The van der Waals surface area contributed by atoms with Gasteiger partial charge in [-0.15, -0.1) is 5.92 Å². The molecule has 4 bridgehead atoms. The number of nitrogens with two attached hydrogens (primary N) is 1. The molecule has 1 aromatic heterocycles. The minimum atomic E-state index is -1.51. The normalized spacial score (nSPS) is 35.6. The zero-order valence-corrected chi connectivity index (χ0v) is 54.7. The average molecular weight is 1270 g/mol. The Bertz CT molecular complexity index is 3930. The third-order valence-corrected chi connectivity index (χ3v) is 25.9. The first kappa shape index (κ1) is 63.3. The smallest absolute Gasteiger partial charge is 0.160 e. The number of fused-ring (bicyclic) bond motifs is 5. The Kier molecular flexibility index (Phi) is 17.1. The average Bonchev–Trinajstić information content (AvgIpc) is 1.22. The number of benzene rings is 4. The first-order valence-corrected chi connectivity index (χ1v) is 35.6. The van der Waals surface area contributed by atoms with Gasteiger partial charge in [-0.1, -0.05) is 104 Å². The number of phenolic OH excluding ortho intramolecular Hbond substituents is 1. The number of aryl methyl sites for hydroxylation is 1. The minimum Gasteiger partial charge on any atom is -0.504 e. The van der Waals surface area contributed by atoms with E-state index >= 15 is 4.79 Å². The maximum absolute atomic E-state index is 15.5. The van der Waals surface area contributed by atoms with Crippen molar-refractivity contribution in [2.24, 2.45) is 64.4 Å². The number of aromatic nitrogens is 1. The summed E-state index contributed by atoms with van der Waals surface area (Å²) in [5.74, 6) is 15.2. The lowest BCUT2D eigenvalue weighted by molar-refractivity contribution is -0.152. The van der Waals surface area contributed by atoms with Crippen molar-refractivity contribution in [1.29, 1.82) is 0 Å². The summed E-state index contributed by atoms with van der Waals surface area (Å²) in [6.45, 7) is 5.76. The van der Waals surface area contributed by atoms with E-state index in [1.165, 1.54) is 29.5 Å². The summed E-state index contributed by atoms with van der Waals surface area (Å²) < 4.78 is 5.66. The second-order valence-electron chi connectivity index (χ2n) is 30.5. The highest BCUT2D eigenvalue weighted by Gasteiger charge is 2.68. The predicted molar refractivity (Wildman–Crippen MR) is 362 cm³/mol. The van der Waals surface area contributed by atoms with E-state index in [0.29, 0.717) is 68.8 Å². The van der Waals surface area contributed by atoms with Crippen LogP contribution in [0.2, 0.25) is 0 Å². The molecule has 7 aliphatic carbocycles. The third kappa shape index (κ3) is 11.0. The summed E-state index contributed by atoms with van der Waals surface area (Å²) in [7, 11) is 1.49. The highest BCUT2D eigenvalue weighted by molar-refractivity contribution is 5.89. The van der Waals surface area contributed by atoms with Crippen LogP contribution in [-0.4, -0.2) is 110 Å². The SMILES string of the molecule is CCC1=C(C(CC(O)C(O)CC2C#CC3(CCC(C4C5CNC6(C)CCCC6C#CCC6NC7CC(=O)C8CC(Cc9ccccc9)c9c[nH]c%10c9C8C7C(C%105)C6C4CCC(O)O)CC3O)C(=O)CCc3cc(OC)c(O)cc32)c2ccc3ccccc3c2)C=C(N)NC1. The largest absolute Gasteiger partial charge is 0.504 e. The van der Waals surface area contributed by atoms with Crippen molar-refractivity contribution in [3.05, 3.63) is 153 Å². The molecule has 12 N–H and O–H groups in total. The van der Waals surface area contributed by atoms with Crippen LogP contribution >= 0.6 is 0 Å². The van der Waals surface area contributed by atoms with E-state index in [-0.39, 0.29) is 144 Å². The van der Waals surface area contributed by atoms with Gasteiger partial charge in [0.1, 0.15) is 11.2 Å². The van der Waals surface area contributed by atoms with Gasteiger partial charge in [0, 0.05) is 90.8 Å². The van der Waals surface area contributed by atoms with Crippen LogP contribution in [0.25, 0.3) is 10.8 Å². The van der Waals surface area contributed by atoms with Crippen LogP contribution in [0, 0.1) is 82.4 Å². The van der Waals surface area contributed by atoms with E-state index in [4.69, 9.17) is 10.5 Å². The maximum atomic E-state index is 15.5. The second-order valence-corrected chi connectivity index (χ2v) is 30.5. The number of hydrogen-bond acceptors (Lipinski definition) is 13. The van der Waals surface area contributed by atoms with Gasteiger partial charge in [0.25, 0.3) is 0 Å². The number of rotatable bonds is 15. The number of aromatic hydroxyl groups is 1. The van der Waals surface area contributed by atoms with Crippen molar-refractivity contribution >= 4 is 22.3 Å². The number of ether oxygens (including phenoxy) is 1. The van der Waals surface area contributed by atoms with E-state index in [1.807, 2.05) is 18.2 Å². The molecule has 21 unspecified atom stereocenters. The van der Waals surface area contributed by atoms with Gasteiger partial charge in [-0.3, -0.25) is 9.59 Å². The molecule has 21 atom stereocenters. The van der Waals surface area contributed by atoms with Gasteiger partial charge in [-0.05, 0) is 218 Å². The molecule has 0 amide bonds. The number of Topliss-reactive ketones (excluding diaryl/α,β-unsaturated/α-hetero) is 2. The summed E-state index contributed by atoms with van der Waals surface area (Å²) in [6.07, 6.45) is 8.19. The number of carbonyl (C=O) groups excluding carboxylic acids is 2. The first-order valence-electron chi connectivity index (χ1n) is 35.6. The van der Waals surface area contributed by atoms with Crippen LogP contribution in [0.1, 0.15) is 179 Å². The number of aromatic amines is 1. The van der Waals surface area contributed by atoms with Crippen molar-refractivity contribution in [2.45, 2.75) is 195 Å². The Balaban J connectivity index is 0.799. The number of aliphatic hydroxyl groups excluding tert-OH is 4. The molecule has 494 valence electrons. The molecule has 1 spiro atoms. The summed E-state index contributed by atoms with van der Waals surface area (Å²) in [4.78, 5) is 34.5. The van der Waals surface area contributed by atoms with E-state index in [1.54, 1.807) is 12.1 Å². The molecule has 11 aliphatic rings. The number of dihydropyridines is 1. The predicted octanol–water partition coefficient (Wildman–Crippen LogP) is 9.93. The van der Waals surface area contributed by atoms with Gasteiger partial charge in [-0.2, -0.15) is 0 Å². The molecular weight excluding hydrogens is 1170 g/mol. The summed E-state index contributed by atoms with van der Waals surface area (Å²) in [5.41, 5.74) is 14.6. The Morgan fingerprint density at radius 3 is 2.47 bits per heavy atom. The number of H-pyrrole nitrogens is 1. The molecule has 14 nitrogen and oxygen atoms in total. The monoisotopic (exact) mass is 1270 g/mol. The summed E-state index contributed by atoms with van der Waals surface area (Å²) >= 11 is 0. The molecule has 5 heterocycles. The fourth-order valence-corrected chi connectivity index (χ4v) is 21.5. The molecule has 5 aromatic rings. The van der Waals surface area contributed by atoms with Crippen LogP contribution in [-0.2, 0) is 22.4 Å². The van der Waals surface area contributed by atoms with Crippen molar-refractivity contribution in [2.75, 3.05) is 20.2 Å². The van der Waals surface area contributed by atoms with Crippen LogP contribution in [0.3, 0.4) is 0 Å². The van der Waals surface area contributed by atoms with Crippen molar-refractivity contribution in [3.63, 3.8) is 0 Å². The standard InChI is InChI=1S/C80H95N5O9/c1-4-44-40-82-69(81)38-56(44)55(47-20-19-45-14-8-9-15-46(45)31-47)37-64(88)63(87)33-49-25-28-80(67(90)23-21-48-34-66(94-3)65(89)36-54(48)49)29-26-50(35-68(80)91)71-53(22-24-70(92)93)72-60-18-10-16-52-17-11-27-79(52,2)84-42-59(71)75-77(72)76-61(85-60)39-62(86)57-32-51(30-43-12-6-5-7-13-43)58-41-83-78(75)74(58)73(57)76/h5-9,12-15,19-20,31,34,36,38,41,49-53,55,57,59-61,63-64,68,70-73,75-77,82-85,87-89,91-93H,4,11,17-18,21-24,26-27,29-30,32-33,35,37,39-40,42,81H2,1-3H3.